The lowest BCUT2D eigenvalue weighted by molar-refractivity contribution is 0.0936. The van der Waals surface area contributed by atoms with E-state index in [4.69, 9.17) is 23.2 Å². The van der Waals surface area contributed by atoms with Crippen molar-refractivity contribution in [3.8, 4) is 0 Å². The van der Waals surface area contributed by atoms with Crippen molar-refractivity contribution in [2.24, 2.45) is 5.41 Å². The molecule has 1 aromatic carbocycles. The van der Waals surface area contributed by atoms with Gasteiger partial charge in [-0.15, -0.1) is 11.6 Å². The first kappa shape index (κ1) is 15.8. The lowest BCUT2D eigenvalue weighted by atomic mass is 9.90. The summed E-state index contributed by atoms with van der Waals surface area (Å²) in [5.41, 5.74) is 0.592. The molecule has 0 bridgehead atoms. The molecule has 100 valence electrons. The summed E-state index contributed by atoms with van der Waals surface area (Å²) in [5, 5.41) is 3.50. The third-order valence-electron chi connectivity index (χ3n) is 2.68. The quantitative estimate of drug-likeness (QED) is 0.777. The predicted molar refractivity (Wildman–Crippen MR) is 80.6 cm³/mol. The maximum Gasteiger partial charge on any atom is 0.251 e. The Labute approximate surface area is 126 Å². The third kappa shape index (κ3) is 4.79. The van der Waals surface area contributed by atoms with Crippen LogP contribution in [0.2, 0.25) is 5.02 Å². The zero-order valence-electron chi connectivity index (χ0n) is 10.4. The number of hydrogen-bond acceptors (Lipinski definition) is 1. The van der Waals surface area contributed by atoms with E-state index in [1.54, 1.807) is 18.2 Å². The van der Waals surface area contributed by atoms with Gasteiger partial charge < -0.3 is 5.32 Å². The molecule has 0 aliphatic heterocycles. The van der Waals surface area contributed by atoms with Crippen LogP contribution in [-0.2, 0) is 0 Å². The van der Waals surface area contributed by atoms with Crippen molar-refractivity contribution in [1.29, 1.82) is 0 Å². The first-order chi connectivity index (χ1) is 8.35. The van der Waals surface area contributed by atoms with Crippen molar-refractivity contribution in [2.75, 3.05) is 12.4 Å². The number of amides is 1. The van der Waals surface area contributed by atoms with E-state index in [1.807, 2.05) is 0 Å². The topological polar surface area (TPSA) is 29.1 Å². The Balaban J connectivity index is 2.63. The van der Waals surface area contributed by atoms with Crippen LogP contribution in [-0.4, -0.2) is 18.3 Å². The Morgan fingerprint density at radius 1 is 1.44 bits per heavy atom. The second kappa shape index (κ2) is 6.78. The number of hydrogen-bond donors (Lipinski definition) is 1. The van der Waals surface area contributed by atoms with Crippen molar-refractivity contribution >= 4 is 45.0 Å². The number of nitrogens with one attached hydrogen (secondary N) is 1. The van der Waals surface area contributed by atoms with Crippen LogP contribution in [0.3, 0.4) is 0 Å². The molecule has 0 aliphatic carbocycles. The highest BCUT2D eigenvalue weighted by Crippen LogP contribution is 2.23. The van der Waals surface area contributed by atoms with Crippen molar-refractivity contribution in [3.63, 3.8) is 0 Å². The lowest BCUT2D eigenvalue weighted by Crippen LogP contribution is -2.34. The summed E-state index contributed by atoms with van der Waals surface area (Å²) in [6, 6.07) is 5.12. The Morgan fingerprint density at radius 2 is 2.11 bits per heavy atom. The average molecular weight is 353 g/mol. The third-order valence-corrected chi connectivity index (χ3v) is 4.08. The average Bonchev–Trinajstić information content (AvgIpc) is 2.30. The number of carbonyl (C=O) groups excluding carboxylic acids is 1. The molecule has 0 aliphatic rings. The molecule has 1 amide bonds. The van der Waals surface area contributed by atoms with Crippen LogP contribution in [0.4, 0.5) is 0 Å². The standard InChI is InChI=1S/C13H16BrCl2NO/c1-13(2,5-6-15)8-17-12(18)9-3-4-11(16)10(14)7-9/h3-4,7H,5-6,8H2,1-2H3,(H,17,18). The second-order valence-electron chi connectivity index (χ2n) is 4.91. The van der Waals surface area contributed by atoms with Gasteiger partial charge in [0.25, 0.3) is 5.91 Å². The number of carbonyl (C=O) groups is 1. The van der Waals surface area contributed by atoms with Crippen LogP contribution in [0.1, 0.15) is 30.6 Å². The molecule has 0 fully saturated rings. The zero-order chi connectivity index (χ0) is 13.8. The molecule has 0 aromatic heterocycles. The Morgan fingerprint density at radius 3 is 2.67 bits per heavy atom. The minimum Gasteiger partial charge on any atom is -0.352 e. The van der Waals surface area contributed by atoms with E-state index in [0.29, 0.717) is 23.0 Å². The minimum atomic E-state index is -0.102. The van der Waals surface area contributed by atoms with E-state index in [1.165, 1.54) is 0 Å². The van der Waals surface area contributed by atoms with Gasteiger partial charge in [0.15, 0.2) is 0 Å². The molecule has 1 rings (SSSR count). The second-order valence-corrected chi connectivity index (χ2v) is 6.55. The summed E-state index contributed by atoms with van der Waals surface area (Å²) in [5.74, 6) is 0.491. The van der Waals surface area contributed by atoms with Crippen LogP contribution in [0.25, 0.3) is 0 Å². The number of rotatable bonds is 5. The molecule has 18 heavy (non-hydrogen) atoms. The van der Waals surface area contributed by atoms with Crippen molar-refractivity contribution in [3.05, 3.63) is 33.3 Å². The van der Waals surface area contributed by atoms with Crippen LogP contribution in [0.5, 0.6) is 0 Å². The Bertz CT molecular complexity index is 435. The molecule has 0 heterocycles. The van der Waals surface area contributed by atoms with Crippen molar-refractivity contribution < 1.29 is 4.79 Å². The van der Waals surface area contributed by atoms with Crippen LogP contribution in [0.15, 0.2) is 22.7 Å². The summed E-state index contributed by atoms with van der Waals surface area (Å²) >= 11 is 14.9. The summed E-state index contributed by atoms with van der Waals surface area (Å²) < 4.78 is 0.719. The van der Waals surface area contributed by atoms with Crippen LogP contribution >= 0.6 is 39.1 Å². The van der Waals surface area contributed by atoms with Crippen molar-refractivity contribution in [2.45, 2.75) is 20.3 Å². The minimum absolute atomic E-state index is 0.00106. The van der Waals surface area contributed by atoms with Crippen LogP contribution < -0.4 is 5.32 Å². The molecule has 5 heteroatoms. The van der Waals surface area contributed by atoms with E-state index in [0.717, 1.165) is 10.9 Å². The van der Waals surface area contributed by atoms with Gasteiger partial charge in [-0.3, -0.25) is 4.79 Å². The van der Waals surface area contributed by atoms with Gasteiger partial charge in [0.05, 0.1) is 5.02 Å². The first-order valence-electron chi connectivity index (χ1n) is 5.65. The monoisotopic (exact) mass is 351 g/mol. The molecular formula is C13H16BrCl2NO. The molecule has 0 saturated carbocycles. The van der Waals surface area contributed by atoms with Gasteiger partial charge in [0, 0.05) is 22.5 Å². The van der Waals surface area contributed by atoms with Gasteiger partial charge >= 0.3 is 0 Å². The maximum absolute atomic E-state index is 12.0. The smallest absolute Gasteiger partial charge is 0.251 e. The highest BCUT2D eigenvalue weighted by molar-refractivity contribution is 9.10. The fraction of sp³-hybridized carbons (Fsp3) is 0.462. The number of halogens is 3. The van der Waals surface area contributed by atoms with Gasteiger partial charge in [-0.1, -0.05) is 25.4 Å². The molecule has 0 atom stereocenters. The van der Waals surface area contributed by atoms with E-state index in [9.17, 15) is 4.79 Å². The molecule has 0 radical (unpaired) electrons. The van der Waals surface area contributed by atoms with Gasteiger partial charge in [-0.25, -0.2) is 0 Å². The molecule has 0 saturated heterocycles. The highest BCUT2D eigenvalue weighted by atomic mass is 79.9. The predicted octanol–water partition coefficient (Wildman–Crippen LogP) is 4.49. The summed E-state index contributed by atoms with van der Waals surface area (Å²) in [6.07, 6.45) is 0.860. The van der Waals surface area contributed by atoms with Gasteiger partial charge in [-0.2, -0.15) is 0 Å². The number of alkyl halides is 1. The Hall–Kier alpha value is -0.250. The summed E-state index contributed by atoms with van der Waals surface area (Å²) in [6.45, 7) is 4.75. The molecule has 0 spiro atoms. The van der Waals surface area contributed by atoms with Gasteiger partial charge in [0.1, 0.15) is 0 Å². The molecule has 1 N–H and O–H groups in total. The molecule has 2 nitrogen and oxygen atoms in total. The van der Waals surface area contributed by atoms with E-state index >= 15 is 0 Å². The molecular weight excluding hydrogens is 337 g/mol. The number of benzene rings is 1. The fourth-order valence-corrected chi connectivity index (χ4v) is 2.41. The SMILES string of the molecule is CC(C)(CCCl)CNC(=O)c1ccc(Cl)c(Br)c1. The van der Waals surface area contributed by atoms with Crippen LogP contribution in [0, 0.1) is 5.41 Å². The Kier molecular flexibility index (Phi) is 5.96. The van der Waals surface area contributed by atoms with E-state index < -0.39 is 0 Å². The normalized spacial score (nSPS) is 11.4. The maximum atomic E-state index is 12.0. The van der Waals surface area contributed by atoms with E-state index in [-0.39, 0.29) is 11.3 Å². The lowest BCUT2D eigenvalue weighted by Gasteiger charge is -2.23. The first-order valence-corrected chi connectivity index (χ1v) is 7.35. The fourth-order valence-electron chi connectivity index (χ4n) is 1.40. The van der Waals surface area contributed by atoms with Crippen molar-refractivity contribution in [1.82, 2.24) is 5.32 Å². The van der Waals surface area contributed by atoms with E-state index in [2.05, 4.69) is 35.1 Å². The van der Waals surface area contributed by atoms with Gasteiger partial charge in [0.2, 0.25) is 0 Å². The zero-order valence-corrected chi connectivity index (χ0v) is 13.5. The van der Waals surface area contributed by atoms with Gasteiger partial charge in [-0.05, 0) is 46.0 Å². The largest absolute Gasteiger partial charge is 0.352 e. The summed E-state index contributed by atoms with van der Waals surface area (Å²) in [4.78, 5) is 12.0. The highest BCUT2D eigenvalue weighted by Gasteiger charge is 2.18. The molecule has 0 unspecified atom stereocenters. The molecule has 1 aromatic rings. The summed E-state index contributed by atoms with van der Waals surface area (Å²) in [7, 11) is 0.